The van der Waals surface area contributed by atoms with Gasteiger partial charge in [-0.05, 0) is 13.0 Å². The number of allylic oxidation sites excluding steroid dienone is 1. The molecule has 3 aromatic rings. The van der Waals surface area contributed by atoms with Crippen molar-refractivity contribution in [2.45, 2.75) is 13.3 Å². The van der Waals surface area contributed by atoms with E-state index in [0.29, 0.717) is 0 Å². The van der Waals surface area contributed by atoms with Crippen LogP contribution in [-0.4, -0.2) is 24.6 Å². The predicted octanol–water partition coefficient (Wildman–Crippen LogP) is 1.82. The molecular weight excluding hydrogens is 238 g/mol. The molecule has 0 saturated carbocycles. The van der Waals surface area contributed by atoms with Gasteiger partial charge in [0.15, 0.2) is 5.65 Å². The average molecular weight is 249 g/mol. The van der Waals surface area contributed by atoms with E-state index in [0.717, 1.165) is 40.4 Å². The van der Waals surface area contributed by atoms with E-state index in [2.05, 4.69) is 26.1 Å². The molecule has 0 amide bonds. The fraction of sp³-hybridized carbons (Fsp3) is 0.143. The molecule has 19 heavy (non-hydrogen) atoms. The summed E-state index contributed by atoms with van der Waals surface area (Å²) in [4.78, 5) is 13.4. The van der Waals surface area contributed by atoms with E-state index < -0.39 is 0 Å². The van der Waals surface area contributed by atoms with Crippen molar-refractivity contribution in [2.24, 2.45) is 0 Å². The van der Waals surface area contributed by atoms with Crippen molar-refractivity contribution in [1.82, 2.24) is 24.6 Å². The van der Waals surface area contributed by atoms with Gasteiger partial charge in [0.05, 0.1) is 17.6 Å². The fourth-order valence-electron chi connectivity index (χ4n) is 2.41. The molecule has 4 rings (SSSR count). The Bertz CT molecular complexity index is 816. The van der Waals surface area contributed by atoms with E-state index in [-0.39, 0.29) is 0 Å². The van der Waals surface area contributed by atoms with Crippen LogP contribution < -0.4 is 0 Å². The van der Waals surface area contributed by atoms with Crippen LogP contribution in [0.5, 0.6) is 0 Å². The number of hydrogen-bond donors (Lipinski definition) is 0. The van der Waals surface area contributed by atoms with Crippen LogP contribution in [0.1, 0.15) is 22.8 Å². The molecule has 5 nitrogen and oxygen atoms in total. The van der Waals surface area contributed by atoms with E-state index in [4.69, 9.17) is 0 Å². The molecule has 5 heteroatoms. The molecular formula is C14H11N5. The first-order valence-electron chi connectivity index (χ1n) is 6.15. The van der Waals surface area contributed by atoms with Gasteiger partial charge in [0.1, 0.15) is 5.82 Å². The lowest BCUT2D eigenvalue weighted by atomic mass is 10.1. The molecule has 0 aliphatic heterocycles. The van der Waals surface area contributed by atoms with Gasteiger partial charge < -0.3 is 0 Å². The highest BCUT2D eigenvalue weighted by atomic mass is 15.2. The van der Waals surface area contributed by atoms with Crippen LogP contribution in [0.3, 0.4) is 0 Å². The van der Waals surface area contributed by atoms with Gasteiger partial charge in [-0.25, -0.2) is 19.5 Å². The van der Waals surface area contributed by atoms with Crippen molar-refractivity contribution in [3.63, 3.8) is 0 Å². The number of nitrogens with zero attached hydrogens (tertiary/aromatic N) is 5. The fourth-order valence-corrected chi connectivity index (χ4v) is 2.41. The summed E-state index contributed by atoms with van der Waals surface area (Å²) in [7, 11) is 0. The van der Waals surface area contributed by atoms with Gasteiger partial charge in [-0.1, -0.05) is 6.08 Å². The predicted molar refractivity (Wildman–Crippen MR) is 70.5 cm³/mol. The number of aromatic nitrogens is 5. The molecule has 3 heterocycles. The van der Waals surface area contributed by atoms with Crippen LogP contribution in [-0.2, 0) is 6.42 Å². The van der Waals surface area contributed by atoms with Gasteiger partial charge >= 0.3 is 0 Å². The van der Waals surface area contributed by atoms with Gasteiger partial charge in [0.2, 0.25) is 0 Å². The van der Waals surface area contributed by atoms with Gasteiger partial charge in [0, 0.05) is 36.0 Å². The highest BCUT2D eigenvalue weighted by molar-refractivity contribution is 5.82. The summed E-state index contributed by atoms with van der Waals surface area (Å²) in [5.41, 5.74) is 5.07. The van der Waals surface area contributed by atoms with E-state index in [1.54, 1.807) is 10.7 Å². The maximum atomic E-state index is 4.62. The summed E-state index contributed by atoms with van der Waals surface area (Å²) in [6, 6.07) is 3.87. The lowest BCUT2D eigenvalue weighted by molar-refractivity contribution is 0.935. The standard InChI is InChI=1S/C14H11N5/c1-9-15-8-11-10(2-3-12(11)17-9)13-5-7-19-14(18-13)4-6-16-19/h2,4-8H,3H2,1H3. The van der Waals surface area contributed by atoms with E-state index in [9.17, 15) is 0 Å². The third kappa shape index (κ3) is 1.55. The summed E-state index contributed by atoms with van der Waals surface area (Å²) in [6.07, 6.45) is 8.56. The van der Waals surface area contributed by atoms with Crippen molar-refractivity contribution in [3.8, 4) is 0 Å². The molecule has 1 aliphatic carbocycles. The second-order valence-corrected chi connectivity index (χ2v) is 4.55. The zero-order valence-electron chi connectivity index (χ0n) is 10.4. The summed E-state index contributed by atoms with van der Waals surface area (Å²) in [5.74, 6) is 0.813. The van der Waals surface area contributed by atoms with E-state index >= 15 is 0 Å². The molecule has 0 fully saturated rings. The summed E-state index contributed by atoms with van der Waals surface area (Å²) in [5, 5.41) is 4.15. The zero-order valence-corrected chi connectivity index (χ0v) is 10.4. The highest BCUT2D eigenvalue weighted by Gasteiger charge is 2.18. The van der Waals surface area contributed by atoms with Crippen molar-refractivity contribution >= 4 is 11.2 Å². The maximum Gasteiger partial charge on any atom is 0.155 e. The molecule has 0 saturated heterocycles. The molecule has 92 valence electrons. The molecule has 0 bridgehead atoms. The van der Waals surface area contributed by atoms with Crippen LogP contribution in [0.2, 0.25) is 0 Å². The second-order valence-electron chi connectivity index (χ2n) is 4.55. The van der Waals surface area contributed by atoms with Crippen molar-refractivity contribution in [3.05, 3.63) is 59.6 Å². The topological polar surface area (TPSA) is 56.0 Å². The summed E-state index contributed by atoms with van der Waals surface area (Å²) in [6.45, 7) is 1.91. The lowest BCUT2D eigenvalue weighted by Gasteiger charge is -2.05. The quantitative estimate of drug-likeness (QED) is 0.660. The Balaban J connectivity index is 1.86. The molecule has 0 aromatic carbocycles. The minimum Gasteiger partial charge on any atom is -0.241 e. The largest absolute Gasteiger partial charge is 0.241 e. The van der Waals surface area contributed by atoms with Crippen molar-refractivity contribution < 1.29 is 0 Å². The molecule has 0 unspecified atom stereocenters. The second kappa shape index (κ2) is 3.71. The average Bonchev–Trinajstić information content (AvgIpc) is 3.02. The normalized spacial score (nSPS) is 13.6. The van der Waals surface area contributed by atoms with Gasteiger partial charge in [-0.15, -0.1) is 0 Å². The highest BCUT2D eigenvalue weighted by Crippen LogP contribution is 2.30. The van der Waals surface area contributed by atoms with E-state index in [1.165, 1.54) is 0 Å². The lowest BCUT2D eigenvalue weighted by Crippen LogP contribution is -1.98. The Kier molecular flexibility index (Phi) is 2.03. The molecule has 0 spiro atoms. The molecule has 0 radical (unpaired) electrons. The number of aryl methyl sites for hydroxylation is 1. The smallest absolute Gasteiger partial charge is 0.155 e. The first-order chi connectivity index (χ1) is 9.31. The monoisotopic (exact) mass is 249 g/mol. The number of hydrogen-bond acceptors (Lipinski definition) is 4. The van der Waals surface area contributed by atoms with Gasteiger partial charge in [-0.3, -0.25) is 0 Å². The zero-order chi connectivity index (χ0) is 12.8. The van der Waals surface area contributed by atoms with Crippen LogP contribution in [0.4, 0.5) is 0 Å². The van der Waals surface area contributed by atoms with E-state index in [1.807, 2.05) is 31.5 Å². The Morgan fingerprint density at radius 2 is 2.16 bits per heavy atom. The summed E-state index contributed by atoms with van der Waals surface area (Å²) >= 11 is 0. The van der Waals surface area contributed by atoms with Crippen molar-refractivity contribution in [2.75, 3.05) is 0 Å². The number of rotatable bonds is 1. The molecule has 0 N–H and O–H groups in total. The Morgan fingerprint density at radius 1 is 1.21 bits per heavy atom. The SMILES string of the molecule is Cc1ncc2c(n1)CC=C2c1ccn2nccc2n1. The summed E-state index contributed by atoms with van der Waals surface area (Å²) < 4.78 is 1.76. The first kappa shape index (κ1) is 10.4. The Hall–Kier alpha value is -2.56. The third-order valence-electron chi connectivity index (χ3n) is 3.31. The van der Waals surface area contributed by atoms with Crippen LogP contribution in [0.15, 0.2) is 36.8 Å². The molecule has 3 aromatic heterocycles. The first-order valence-corrected chi connectivity index (χ1v) is 6.15. The van der Waals surface area contributed by atoms with Gasteiger partial charge in [0.25, 0.3) is 0 Å². The van der Waals surface area contributed by atoms with Crippen molar-refractivity contribution in [1.29, 1.82) is 0 Å². The Labute approximate surface area is 109 Å². The van der Waals surface area contributed by atoms with Gasteiger partial charge in [-0.2, -0.15) is 5.10 Å². The van der Waals surface area contributed by atoms with Crippen LogP contribution >= 0.6 is 0 Å². The molecule has 1 aliphatic rings. The van der Waals surface area contributed by atoms with Crippen LogP contribution in [0, 0.1) is 6.92 Å². The minimum atomic E-state index is 0.813. The van der Waals surface area contributed by atoms with Crippen LogP contribution in [0.25, 0.3) is 11.2 Å². The molecule has 0 atom stereocenters. The number of fused-ring (bicyclic) bond motifs is 2. The minimum absolute atomic E-state index is 0.813. The Morgan fingerprint density at radius 3 is 3.11 bits per heavy atom. The third-order valence-corrected chi connectivity index (χ3v) is 3.31. The maximum absolute atomic E-state index is 4.62.